The van der Waals surface area contributed by atoms with Gasteiger partial charge in [0.25, 0.3) is 0 Å². The molecule has 0 atom stereocenters. The summed E-state index contributed by atoms with van der Waals surface area (Å²) in [6.07, 6.45) is 0. The van der Waals surface area contributed by atoms with Crippen LogP contribution >= 0.6 is 0 Å². The number of carbonyl (C=O) groups is 2. The number of hydrogen-bond acceptors (Lipinski definition) is 4. The number of amides is 2. The van der Waals surface area contributed by atoms with E-state index in [1.165, 1.54) is 0 Å². The number of hydrogen-bond donors (Lipinski definition) is 1. The quantitative estimate of drug-likeness (QED) is 0.793. The van der Waals surface area contributed by atoms with Crippen LogP contribution in [0.15, 0.2) is 60.7 Å². The number of ether oxygens (including phenoxy) is 1. The van der Waals surface area contributed by atoms with E-state index in [-0.39, 0.29) is 30.9 Å². The SMILES string of the molecule is CN(CC(=O)NC(c1ccccc1)c1ccccc1)CC(=O)N1CCOCC1. The molecule has 0 radical (unpaired) electrons. The van der Waals surface area contributed by atoms with E-state index in [1.54, 1.807) is 16.8 Å². The summed E-state index contributed by atoms with van der Waals surface area (Å²) < 4.78 is 5.28. The molecule has 2 aromatic rings. The molecule has 6 nitrogen and oxygen atoms in total. The minimum Gasteiger partial charge on any atom is -0.378 e. The van der Waals surface area contributed by atoms with Gasteiger partial charge in [-0.2, -0.15) is 0 Å². The third-order valence-corrected chi connectivity index (χ3v) is 4.75. The lowest BCUT2D eigenvalue weighted by Gasteiger charge is -2.28. The van der Waals surface area contributed by atoms with E-state index >= 15 is 0 Å². The van der Waals surface area contributed by atoms with Crippen molar-refractivity contribution in [3.8, 4) is 0 Å². The maximum atomic E-state index is 12.7. The Morgan fingerprint density at radius 2 is 1.50 bits per heavy atom. The van der Waals surface area contributed by atoms with Crippen LogP contribution < -0.4 is 5.32 Å². The smallest absolute Gasteiger partial charge is 0.236 e. The van der Waals surface area contributed by atoms with Crippen LogP contribution in [0.25, 0.3) is 0 Å². The van der Waals surface area contributed by atoms with Crippen LogP contribution in [0.2, 0.25) is 0 Å². The van der Waals surface area contributed by atoms with E-state index in [0.29, 0.717) is 26.3 Å². The minimum absolute atomic E-state index is 0.0290. The largest absolute Gasteiger partial charge is 0.378 e. The molecule has 3 rings (SSSR count). The van der Waals surface area contributed by atoms with Gasteiger partial charge in [0.1, 0.15) is 0 Å². The Hall–Kier alpha value is -2.70. The predicted molar refractivity (Wildman–Crippen MR) is 108 cm³/mol. The van der Waals surface area contributed by atoms with Crippen LogP contribution in [0.1, 0.15) is 17.2 Å². The van der Waals surface area contributed by atoms with Crippen molar-refractivity contribution in [1.29, 1.82) is 0 Å². The second kappa shape index (κ2) is 10.0. The lowest BCUT2D eigenvalue weighted by molar-refractivity contribution is -0.136. The van der Waals surface area contributed by atoms with E-state index in [0.717, 1.165) is 11.1 Å². The number of nitrogens with one attached hydrogen (secondary N) is 1. The molecule has 1 saturated heterocycles. The van der Waals surface area contributed by atoms with E-state index in [9.17, 15) is 9.59 Å². The fourth-order valence-corrected chi connectivity index (χ4v) is 3.30. The summed E-state index contributed by atoms with van der Waals surface area (Å²) in [6.45, 7) is 2.75. The van der Waals surface area contributed by atoms with Crippen molar-refractivity contribution >= 4 is 11.8 Å². The molecular formula is C22H27N3O3. The summed E-state index contributed by atoms with van der Waals surface area (Å²) in [5.41, 5.74) is 2.04. The molecule has 6 heteroatoms. The van der Waals surface area contributed by atoms with Crippen molar-refractivity contribution in [2.24, 2.45) is 0 Å². The van der Waals surface area contributed by atoms with Crippen molar-refractivity contribution in [1.82, 2.24) is 15.1 Å². The average molecular weight is 381 g/mol. The summed E-state index contributed by atoms with van der Waals surface area (Å²) >= 11 is 0. The van der Waals surface area contributed by atoms with Gasteiger partial charge in [-0.3, -0.25) is 14.5 Å². The second-order valence-electron chi connectivity index (χ2n) is 6.99. The molecule has 0 aliphatic carbocycles. The Kier molecular flexibility index (Phi) is 7.17. The predicted octanol–water partition coefficient (Wildman–Crippen LogP) is 1.68. The summed E-state index contributed by atoms with van der Waals surface area (Å²) in [4.78, 5) is 28.6. The molecule has 1 aliphatic rings. The van der Waals surface area contributed by atoms with Crippen molar-refractivity contribution in [3.63, 3.8) is 0 Å². The summed E-state index contributed by atoms with van der Waals surface area (Å²) in [5.74, 6) is -0.0868. The van der Waals surface area contributed by atoms with Gasteiger partial charge in [-0.1, -0.05) is 60.7 Å². The minimum atomic E-state index is -0.224. The number of morpholine rings is 1. The number of benzene rings is 2. The maximum absolute atomic E-state index is 12.7. The molecule has 1 N–H and O–H groups in total. The van der Waals surface area contributed by atoms with Gasteiger partial charge in [0.05, 0.1) is 32.3 Å². The molecule has 0 unspecified atom stereocenters. The van der Waals surface area contributed by atoms with Gasteiger partial charge < -0.3 is 15.0 Å². The Bertz CT molecular complexity index is 722. The zero-order valence-electron chi connectivity index (χ0n) is 16.2. The first kappa shape index (κ1) is 20.0. The standard InChI is InChI=1S/C22H27N3O3/c1-24(17-21(27)25-12-14-28-15-13-25)16-20(26)23-22(18-8-4-2-5-9-18)19-10-6-3-7-11-19/h2-11,22H,12-17H2,1H3,(H,23,26). The van der Waals surface area contributed by atoms with E-state index in [1.807, 2.05) is 60.7 Å². The van der Waals surface area contributed by atoms with E-state index in [4.69, 9.17) is 4.74 Å². The summed E-state index contributed by atoms with van der Waals surface area (Å²) in [5, 5.41) is 3.11. The van der Waals surface area contributed by atoms with Crippen molar-refractivity contribution in [2.45, 2.75) is 6.04 Å². The fourth-order valence-electron chi connectivity index (χ4n) is 3.30. The van der Waals surface area contributed by atoms with Crippen molar-refractivity contribution in [2.75, 3.05) is 46.4 Å². The molecule has 0 spiro atoms. The van der Waals surface area contributed by atoms with Crippen LogP contribution in [0.4, 0.5) is 0 Å². The maximum Gasteiger partial charge on any atom is 0.236 e. The molecule has 2 amide bonds. The van der Waals surface area contributed by atoms with Gasteiger partial charge in [0.15, 0.2) is 0 Å². The fraction of sp³-hybridized carbons (Fsp3) is 0.364. The highest BCUT2D eigenvalue weighted by atomic mass is 16.5. The number of nitrogens with zero attached hydrogens (tertiary/aromatic N) is 2. The number of carbonyl (C=O) groups excluding carboxylic acids is 2. The van der Waals surface area contributed by atoms with Crippen LogP contribution in [0.3, 0.4) is 0 Å². The average Bonchev–Trinajstić information content (AvgIpc) is 2.74. The molecular weight excluding hydrogens is 354 g/mol. The molecule has 1 heterocycles. The topological polar surface area (TPSA) is 61.9 Å². The third-order valence-electron chi connectivity index (χ3n) is 4.75. The Morgan fingerprint density at radius 1 is 0.964 bits per heavy atom. The van der Waals surface area contributed by atoms with Crippen LogP contribution in [0, 0.1) is 0 Å². The Labute approximate surface area is 166 Å². The van der Waals surface area contributed by atoms with Gasteiger partial charge in [0, 0.05) is 13.1 Å². The molecule has 1 aliphatic heterocycles. The first-order valence-electron chi connectivity index (χ1n) is 9.57. The molecule has 2 aromatic carbocycles. The molecule has 1 fully saturated rings. The summed E-state index contributed by atoms with van der Waals surface area (Å²) in [7, 11) is 1.79. The third kappa shape index (κ3) is 5.65. The van der Waals surface area contributed by atoms with Crippen LogP contribution in [0.5, 0.6) is 0 Å². The zero-order valence-corrected chi connectivity index (χ0v) is 16.2. The summed E-state index contributed by atoms with van der Waals surface area (Å²) in [6, 6.07) is 19.6. The van der Waals surface area contributed by atoms with E-state index < -0.39 is 0 Å². The molecule has 0 saturated carbocycles. The van der Waals surface area contributed by atoms with E-state index in [2.05, 4.69) is 5.32 Å². The Balaban J connectivity index is 1.59. The van der Waals surface area contributed by atoms with Crippen LogP contribution in [-0.2, 0) is 14.3 Å². The highest BCUT2D eigenvalue weighted by Crippen LogP contribution is 2.21. The number of rotatable bonds is 7. The Morgan fingerprint density at radius 3 is 2.04 bits per heavy atom. The first-order chi connectivity index (χ1) is 13.6. The zero-order chi connectivity index (χ0) is 19.8. The highest BCUT2D eigenvalue weighted by molar-refractivity contribution is 5.81. The van der Waals surface area contributed by atoms with Gasteiger partial charge in [-0.05, 0) is 18.2 Å². The monoisotopic (exact) mass is 381 g/mol. The van der Waals surface area contributed by atoms with Gasteiger partial charge in [-0.25, -0.2) is 0 Å². The van der Waals surface area contributed by atoms with Gasteiger partial charge in [-0.15, -0.1) is 0 Å². The molecule has 148 valence electrons. The van der Waals surface area contributed by atoms with Crippen LogP contribution in [-0.4, -0.2) is 68.1 Å². The molecule has 28 heavy (non-hydrogen) atoms. The van der Waals surface area contributed by atoms with Crippen molar-refractivity contribution in [3.05, 3.63) is 71.8 Å². The van der Waals surface area contributed by atoms with Gasteiger partial charge >= 0.3 is 0 Å². The number of likely N-dealkylation sites (N-methyl/N-ethyl adjacent to an activating group) is 1. The van der Waals surface area contributed by atoms with Crippen molar-refractivity contribution < 1.29 is 14.3 Å². The molecule has 0 aromatic heterocycles. The molecule has 0 bridgehead atoms. The van der Waals surface area contributed by atoms with Gasteiger partial charge in [0.2, 0.25) is 11.8 Å². The second-order valence-corrected chi connectivity index (χ2v) is 6.99. The lowest BCUT2D eigenvalue weighted by atomic mass is 9.99. The normalized spacial score (nSPS) is 14.3. The first-order valence-corrected chi connectivity index (χ1v) is 9.57. The highest BCUT2D eigenvalue weighted by Gasteiger charge is 2.21. The lowest BCUT2D eigenvalue weighted by Crippen LogP contribution is -2.46.